The molecule has 1 aromatic heterocycles. The van der Waals surface area contributed by atoms with Crippen LogP contribution in [0, 0.1) is 0 Å². The van der Waals surface area contributed by atoms with Crippen LogP contribution in [0.5, 0.6) is 0 Å². The number of Topliss-reactive ketones (excluding diaryl/α,β-unsaturated/α-hetero) is 1. The van der Waals surface area contributed by atoms with Gasteiger partial charge in [0.15, 0.2) is 5.78 Å². The average molecular weight is 349 g/mol. The number of carbonyl (C=O) groups excluding carboxylic acids is 1. The van der Waals surface area contributed by atoms with Crippen LogP contribution in [-0.2, 0) is 13.1 Å². The second kappa shape index (κ2) is 7.58. The summed E-state index contributed by atoms with van der Waals surface area (Å²) in [4.78, 5) is 17.2. The number of rotatable bonds is 5. The Morgan fingerprint density at radius 3 is 2.30 bits per heavy atom. The molecule has 0 amide bonds. The van der Waals surface area contributed by atoms with Gasteiger partial charge in [0.2, 0.25) is 0 Å². The minimum absolute atomic E-state index is 0.160. The summed E-state index contributed by atoms with van der Waals surface area (Å²) in [7, 11) is 0. The van der Waals surface area contributed by atoms with Crippen molar-refractivity contribution in [3.63, 3.8) is 0 Å². The molecule has 1 saturated heterocycles. The third-order valence-electron chi connectivity index (χ3n) is 4.17. The molecule has 0 bridgehead atoms. The molecule has 0 aliphatic carbocycles. The molecule has 2 aromatic rings. The fourth-order valence-electron chi connectivity index (χ4n) is 2.90. The molecule has 1 aliphatic heterocycles. The predicted octanol–water partition coefficient (Wildman–Crippen LogP) is 3.92. The van der Waals surface area contributed by atoms with E-state index in [1.165, 1.54) is 11.1 Å². The van der Waals surface area contributed by atoms with Crippen LogP contribution < -0.4 is 0 Å². The van der Waals surface area contributed by atoms with Crippen molar-refractivity contribution in [3.8, 4) is 0 Å². The quantitative estimate of drug-likeness (QED) is 0.765. The van der Waals surface area contributed by atoms with E-state index in [2.05, 4.69) is 21.2 Å². The summed E-state index contributed by atoms with van der Waals surface area (Å²) in [6.07, 6.45) is 0. The van der Waals surface area contributed by atoms with Gasteiger partial charge in [0, 0.05) is 44.3 Å². The monoisotopic (exact) mass is 348 g/mol. The molecule has 5 heteroatoms. The topological polar surface area (TPSA) is 23.6 Å². The Labute approximate surface area is 146 Å². The summed E-state index contributed by atoms with van der Waals surface area (Å²) in [5, 5.41) is 2.91. The minimum atomic E-state index is 0.160. The molecule has 2 heterocycles. The molecule has 3 nitrogen and oxygen atoms in total. The Kier molecular flexibility index (Phi) is 5.49. The first-order valence-corrected chi connectivity index (χ1v) is 9.13. The van der Waals surface area contributed by atoms with Gasteiger partial charge in [-0.15, -0.1) is 11.3 Å². The van der Waals surface area contributed by atoms with Gasteiger partial charge in [-0.1, -0.05) is 23.7 Å². The highest BCUT2D eigenvalue weighted by Crippen LogP contribution is 2.18. The molecule has 122 valence electrons. The van der Waals surface area contributed by atoms with E-state index in [0.717, 1.165) is 49.2 Å². The highest BCUT2D eigenvalue weighted by atomic mass is 35.5. The van der Waals surface area contributed by atoms with E-state index in [1.807, 2.05) is 24.3 Å². The third kappa shape index (κ3) is 4.64. The zero-order chi connectivity index (χ0) is 16.2. The lowest BCUT2D eigenvalue weighted by atomic mass is 10.2. The van der Waals surface area contributed by atoms with E-state index in [1.54, 1.807) is 18.3 Å². The molecule has 1 aliphatic rings. The molecule has 0 unspecified atom stereocenters. The zero-order valence-electron chi connectivity index (χ0n) is 13.3. The van der Waals surface area contributed by atoms with Gasteiger partial charge in [0.1, 0.15) is 0 Å². The lowest BCUT2D eigenvalue weighted by molar-refractivity contribution is 0.102. The van der Waals surface area contributed by atoms with Crippen LogP contribution in [0.4, 0.5) is 0 Å². The Bertz CT molecular complexity index is 677. The third-order valence-corrected chi connectivity index (χ3v) is 5.48. The Hall–Kier alpha value is -1.20. The molecule has 0 spiro atoms. The summed E-state index contributed by atoms with van der Waals surface area (Å²) >= 11 is 7.60. The lowest BCUT2D eigenvalue weighted by Gasteiger charge is -2.34. The smallest absolute Gasteiger partial charge is 0.169 e. The van der Waals surface area contributed by atoms with Crippen LogP contribution in [0.2, 0.25) is 5.02 Å². The van der Waals surface area contributed by atoms with Crippen LogP contribution in [0.1, 0.15) is 27.7 Å². The van der Waals surface area contributed by atoms with E-state index >= 15 is 0 Å². The maximum atomic E-state index is 11.4. The molecule has 3 rings (SSSR count). The zero-order valence-corrected chi connectivity index (χ0v) is 14.9. The molecular formula is C18H21ClN2OS. The van der Waals surface area contributed by atoms with Gasteiger partial charge in [-0.2, -0.15) is 0 Å². The average Bonchev–Trinajstić information content (AvgIpc) is 2.98. The van der Waals surface area contributed by atoms with Gasteiger partial charge in [-0.25, -0.2) is 0 Å². The number of ketones is 1. The van der Waals surface area contributed by atoms with Crippen molar-refractivity contribution in [1.29, 1.82) is 0 Å². The van der Waals surface area contributed by atoms with Crippen molar-refractivity contribution >= 4 is 28.7 Å². The first-order chi connectivity index (χ1) is 11.1. The van der Waals surface area contributed by atoms with Crippen LogP contribution >= 0.6 is 22.9 Å². The number of piperazine rings is 1. The molecule has 0 radical (unpaired) electrons. The number of benzene rings is 1. The Morgan fingerprint density at radius 2 is 1.74 bits per heavy atom. The highest BCUT2D eigenvalue weighted by molar-refractivity contribution is 7.12. The molecule has 1 aromatic carbocycles. The van der Waals surface area contributed by atoms with Crippen molar-refractivity contribution < 1.29 is 4.79 Å². The van der Waals surface area contributed by atoms with Gasteiger partial charge >= 0.3 is 0 Å². The van der Waals surface area contributed by atoms with Crippen LogP contribution in [-0.4, -0.2) is 41.8 Å². The van der Waals surface area contributed by atoms with Gasteiger partial charge in [-0.05, 0) is 41.6 Å². The van der Waals surface area contributed by atoms with E-state index in [-0.39, 0.29) is 5.78 Å². The first kappa shape index (κ1) is 16.7. The number of nitrogens with zero attached hydrogens (tertiary/aromatic N) is 2. The highest BCUT2D eigenvalue weighted by Gasteiger charge is 2.18. The second-order valence-corrected chi connectivity index (χ2v) is 7.41. The summed E-state index contributed by atoms with van der Waals surface area (Å²) < 4.78 is 0. The number of halogens is 1. The maximum Gasteiger partial charge on any atom is 0.169 e. The van der Waals surface area contributed by atoms with E-state index in [0.29, 0.717) is 0 Å². The number of hydrogen-bond donors (Lipinski definition) is 0. The maximum absolute atomic E-state index is 11.4. The second-order valence-electron chi connectivity index (χ2n) is 6.06. The van der Waals surface area contributed by atoms with Crippen LogP contribution in [0.15, 0.2) is 35.7 Å². The van der Waals surface area contributed by atoms with E-state index < -0.39 is 0 Å². The standard InChI is InChI=1S/C18H21ClN2OS/c1-14(22)18-10-16(13-23-18)12-21-7-5-20(6-8-21)11-15-3-2-4-17(19)9-15/h2-4,9-10,13H,5-8,11-12H2,1H3. The largest absolute Gasteiger partial charge is 0.297 e. The molecule has 0 atom stereocenters. The van der Waals surface area contributed by atoms with Gasteiger partial charge in [0.25, 0.3) is 0 Å². The van der Waals surface area contributed by atoms with Crippen molar-refractivity contribution in [2.24, 2.45) is 0 Å². The van der Waals surface area contributed by atoms with E-state index in [4.69, 9.17) is 11.6 Å². The van der Waals surface area contributed by atoms with Crippen molar-refractivity contribution in [2.45, 2.75) is 20.0 Å². The molecule has 0 saturated carbocycles. The Balaban J connectivity index is 1.49. The lowest BCUT2D eigenvalue weighted by Crippen LogP contribution is -2.45. The Morgan fingerprint density at radius 1 is 1.09 bits per heavy atom. The number of thiophene rings is 1. The summed E-state index contributed by atoms with van der Waals surface area (Å²) in [6, 6.07) is 10.1. The van der Waals surface area contributed by atoms with Crippen molar-refractivity contribution in [1.82, 2.24) is 9.80 Å². The fraction of sp³-hybridized carbons (Fsp3) is 0.389. The fourth-order valence-corrected chi connectivity index (χ4v) is 3.92. The molecular weight excluding hydrogens is 328 g/mol. The van der Waals surface area contributed by atoms with Crippen molar-refractivity contribution in [3.05, 3.63) is 56.7 Å². The summed E-state index contributed by atoms with van der Waals surface area (Å²) in [5.41, 5.74) is 2.53. The summed E-state index contributed by atoms with van der Waals surface area (Å²) in [5.74, 6) is 0.160. The molecule has 1 fully saturated rings. The van der Waals surface area contributed by atoms with E-state index in [9.17, 15) is 4.79 Å². The van der Waals surface area contributed by atoms with Crippen molar-refractivity contribution in [2.75, 3.05) is 26.2 Å². The van der Waals surface area contributed by atoms with Gasteiger partial charge in [-0.3, -0.25) is 14.6 Å². The number of carbonyl (C=O) groups is 1. The first-order valence-electron chi connectivity index (χ1n) is 7.87. The minimum Gasteiger partial charge on any atom is -0.297 e. The normalized spacial score (nSPS) is 16.6. The summed E-state index contributed by atoms with van der Waals surface area (Å²) in [6.45, 7) is 7.78. The predicted molar refractivity (Wildman–Crippen MR) is 96.3 cm³/mol. The molecule has 0 N–H and O–H groups in total. The molecule has 23 heavy (non-hydrogen) atoms. The number of hydrogen-bond acceptors (Lipinski definition) is 4. The SMILES string of the molecule is CC(=O)c1cc(CN2CCN(Cc3cccc(Cl)c3)CC2)cs1. The van der Waals surface area contributed by atoms with Crippen LogP contribution in [0.3, 0.4) is 0 Å². The van der Waals surface area contributed by atoms with Crippen LogP contribution in [0.25, 0.3) is 0 Å². The van der Waals surface area contributed by atoms with Gasteiger partial charge < -0.3 is 0 Å². The van der Waals surface area contributed by atoms with Gasteiger partial charge in [0.05, 0.1) is 4.88 Å².